The third-order valence-electron chi connectivity index (χ3n) is 5.18. The first-order valence-corrected chi connectivity index (χ1v) is 12.0. The van der Waals surface area contributed by atoms with E-state index in [1.807, 2.05) is 30.8 Å². The van der Waals surface area contributed by atoms with Crippen LogP contribution in [0.15, 0.2) is 35.5 Å². The second-order valence-electron chi connectivity index (χ2n) is 8.07. The summed E-state index contributed by atoms with van der Waals surface area (Å²) in [6, 6.07) is 7.19. The molecule has 8 nitrogen and oxygen atoms in total. The molecule has 2 aromatic rings. The Kier molecular flexibility index (Phi) is 8.87. The highest BCUT2D eigenvalue weighted by Gasteiger charge is 2.29. The number of halogens is 2. The number of nitrogens with zero attached hydrogens (tertiary/aromatic N) is 5. The number of benzene rings is 1. The first kappa shape index (κ1) is 25.2. The zero-order valence-corrected chi connectivity index (χ0v) is 20.5. The van der Waals surface area contributed by atoms with Crippen LogP contribution in [-0.2, 0) is 4.79 Å². The lowest BCUT2D eigenvalue weighted by atomic mass is 10.1. The quantitative estimate of drug-likeness (QED) is 0.343. The van der Waals surface area contributed by atoms with Crippen LogP contribution >= 0.6 is 23.4 Å². The van der Waals surface area contributed by atoms with Gasteiger partial charge in [-0.1, -0.05) is 23.4 Å². The van der Waals surface area contributed by atoms with Crippen molar-refractivity contribution in [3.8, 4) is 0 Å². The molecule has 1 saturated heterocycles. The number of piperazine rings is 1. The fraction of sp³-hybridized carbons (Fsp3) is 0.455. The molecule has 1 aromatic carbocycles. The topological polar surface area (TPSA) is 81.7 Å². The van der Waals surface area contributed by atoms with E-state index in [0.29, 0.717) is 47.9 Å². The van der Waals surface area contributed by atoms with Crippen molar-refractivity contribution in [1.82, 2.24) is 25.1 Å². The molecular weight excluding hydrogens is 467 g/mol. The van der Waals surface area contributed by atoms with E-state index in [1.54, 1.807) is 11.0 Å². The van der Waals surface area contributed by atoms with Gasteiger partial charge < -0.3 is 20.0 Å². The molecule has 2 heterocycles. The molecule has 33 heavy (non-hydrogen) atoms. The van der Waals surface area contributed by atoms with Gasteiger partial charge in [0.2, 0.25) is 5.91 Å². The first-order valence-electron chi connectivity index (χ1n) is 10.6. The van der Waals surface area contributed by atoms with E-state index >= 15 is 0 Å². The summed E-state index contributed by atoms with van der Waals surface area (Å²) in [5.41, 5.74) is 0.462. The van der Waals surface area contributed by atoms with E-state index < -0.39 is 0 Å². The Bertz CT molecular complexity index is 978. The fourth-order valence-corrected chi connectivity index (χ4v) is 4.35. The van der Waals surface area contributed by atoms with Gasteiger partial charge in [-0.15, -0.1) is 0 Å². The predicted octanol–water partition coefficient (Wildman–Crippen LogP) is 2.39. The molecule has 1 aliphatic heterocycles. The molecule has 178 valence electrons. The van der Waals surface area contributed by atoms with Crippen LogP contribution in [0, 0.1) is 5.82 Å². The maximum atomic E-state index is 13.2. The lowest BCUT2D eigenvalue weighted by molar-refractivity contribution is -0.118. The van der Waals surface area contributed by atoms with Gasteiger partial charge in [0.1, 0.15) is 16.8 Å². The van der Waals surface area contributed by atoms with Crippen molar-refractivity contribution >= 4 is 41.0 Å². The minimum Gasteiger partial charge on any atom is -0.354 e. The molecule has 0 bridgehead atoms. The normalized spacial score (nSPS) is 16.2. The number of amides is 2. The third kappa shape index (κ3) is 7.28. The lowest BCUT2D eigenvalue weighted by Gasteiger charge is -2.40. The molecular formula is C22H28ClFN6O2S. The number of aromatic nitrogens is 2. The summed E-state index contributed by atoms with van der Waals surface area (Å²) in [6.07, 6.45) is 0. The second-order valence-corrected chi connectivity index (χ2v) is 9.40. The van der Waals surface area contributed by atoms with Crippen molar-refractivity contribution in [3.05, 3.63) is 46.9 Å². The van der Waals surface area contributed by atoms with Gasteiger partial charge in [0.25, 0.3) is 5.91 Å². The molecule has 11 heteroatoms. The minimum absolute atomic E-state index is 0.0800. The second kappa shape index (κ2) is 11.6. The van der Waals surface area contributed by atoms with Gasteiger partial charge in [0.15, 0.2) is 5.16 Å². The van der Waals surface area contributed by atoms with Gasteiger partial charge in [-0.25, -0.2) is 14.4 Å². The summed E-state index contributed by atoms with van der Waals surface area (Å²) in [7, 11) is 3.89. The van der Waals surface area contributed by atoms with Crippen molar-refractivity contribution in [1.29, 1.82) is 0 Å². The van der Waals surface area contributed by atoms with E-state index in [2.05, 4.69) is 15.3 Å². The summed E-state index contributed by atoms with van der Waals surface area (Å²) in [4.78, 5) is 39.5. The summed E-state index contributed by atoms with van der Waals surface area (Å²) >= 11 is 7.45. The summed E-state index contributed by atoms with van der Waals surface area (Å²) in [6.45, 7) is 4.93. The van der Waals surface area contributed by atoms with E-state index in [-0.39, 0.29) is 29.4 Å². The Labute approximate surface area is 202 Å². The Balaban J connectivity index is 1.59. The van der Waals surface area contributed by atoms with Crippen LogP contribution in [0.2, 0.25) is 5.15 Å². The molecule has 0 radical (unpaired) electrons. The first-order chi connectivity index (χ1) is 15.7. The molecule has 2 amide bonds. The summed E-state index contributed by atoms with van der Waals surface area (Å²) < 4.78 is 13.2. The number of carbonyl (C=O) groups excluding carboxylic acids is 2. The lowest BCUT2D eigenvalue weighted by Crippen LogP contribution is -2.54. The van der Waals surface area contributed by atoms with Gasteiger partial charge in [-0.2, -0.15) is 0 Å². The van der Waals surface area contributed by atoms with E-state index in [4.69, 9.17) is 11.6 Å². The van der Waals surface area contributed by atoms with Gasteiger partial charge in [0.05, 0.1) is 5.75 Å². The number of hydrogen-bond acceptors (Lipinski definition) is 7. The van der Waals surface area contributed by atoms with Crippen LogP contribution < -0.4 is 10.2 Å². The molecule has 1 fully saturated rings. The molecule has 1 N–H and O–H groups in total. The third-order valence-corrected chi connectivity index (χ3v) is 6.22. The molecule has 3 rings (SSSR count). The highest BCUT2D eigenvalue weighted by molar-refractivity contribution is 7.99. The van der Waals surface area contributed by atoms with Crippen molar-refractivity contribution in [2.75, 3.05) is 57.5 Å². The van der Waals surface area contributed by atoms with Crippen molar-refractivity contribution in [2.45, 2.75) is 18.1 Å². The zero-order chi connectivity index (χ0) is 24.0. The number of rotatable bonds is 8. The van der Waals surface area contributed by atoms with Gasteiger partial charge in [-0.3, -0.25) is 9.59 Å². The Morgan fingerprint density at radius 3 is 2.64 bits per heavy atom. The summed E-state index contributed by atoms with van der Waals surface area (Å²) in [5, 5.41) is 3.58. The molecule has 0 spiro atoms. The minimum atomic E-state index is -0.371. The Morgan fingerprint density at radius 1 is 1.24 bits per heavy atom. The largest absolute Gasteiger partial charge is 0.354 e. The van der Waals surface area contributed by atoms with E-state index in [1.165, 1.54) is 36.0 Å². The molecule has 1 aromatic heterocycles. The van der Waals surface area contributed by atoms with Crippen LogP contribution in [-0.4, -0.2) is 90.2 Å². The monoisotopic (exact) mass is 494 g/mol. The highest BCUT2D eigenvalue weighted by Crippen LogP contribution is 2.24. The Morgan fingerprint density at radius 2 is 1.97 bits per heavy atom. The average molecular weight is 495 g/mol. The van der Waals surface area contributed by atoms with Crippen LogP contribution in [0.1, 0.15) is 17.3 Å². The number of likely N-dealkylation sites (N-methyl/N-ethyl adjacent to an activating group) is 1. The highest BCUT2D eigenvalue weighted by atomic mass is 35.5. The van der Waals surface area contributed by atoms with Crippen molar-refractivity contribution in [2.24, 2.45) is 0 Å². The van der Waals surface area contributed by atoms with Gasteiger partial charge in [0, 0.05) is 50.4 Å². The van der Waals surface area contributed by atoms with E-state index in [9.17, 15) is 14.0 Å². The standard InChI is InChI=1S/C22H28ClFN6O2S/c1-15-13-29(10-11-30(15)21(32)16-4-6-17(24)7-5-16)19-12-18(23)26-22(27-19)33-14-20(31)25-8-9-28(2)3/h4-7,12,15H,8-11,13-14H2,1-3H3,(H,25,31). The SMILES string of the molecule is CC1CN(c2cc(Cl)nc(SCC(=O)NCCN(C)C)n2)CCN1C(=O)c1ccc(F)cc1. The van der Waals surface area contributed by atoms with Crippen molar-refractivity contribution in [3.63, 3.8) is 0 Å². The maximum Gasteiger partial charge on any atom is 0.254 e. The smallest absolute Gasteiger partial charge is 0.254 e. The van der Waals surface area contributed by atoms with Crippen LogP contribution in [0.3, 0.4) is 0 Å². The maximum absolute atomic E-state index is 13.2. The van der Waals surface area contributed by atoms with Gasteiger partial charge in [-0.05, 0) is 45.3 Å². The molecule has 0 saturated carbocycles. The van der Waals surface area contributed by atoms with Crippen LogP contribution in [0.4, 0.5) is 10.2 Å². The zero-order valence-electron chi connectivity index (χ0n) is 18.9. The molecule has 1 atom stereocenters. The van der Waals surface area contributed by atoms with Crippen LogP contribution in [0.25, 0.3) is 0 Å². The van der Waals surface area contributed by atoms with Crippen LogP contribution in [0.5, 0.6) is 0 Å². The molecule has 1 unspecified atom stereocenters. The summed E-state index contributed by atoms with van der Waals surface area (Å²) in [5.74, 6) is 0.271. The number of hydrogen-bond donors (Lipinski definition) is 1. The predicted molar refractivity (Wildman–Crippen MR) is 128 cm³/mol. The number of thioether (sulfide) groups is 1. The fourth-order valence-electron chi connectivity index (χ4n) is 3.44. The van der Waals surface area contributed by atoms with Crippen molar-refractivity contribution < 1.29 is 14.0 Å². The molecule has 0 aliphatic carbocycles. The van der Waals surface area contributed by atoms with E-state index in [0.717, 1.165) is 6.54 Å². The number of nitrogens with one attached hydrogen (secondary N) is 1. The number of carbonyl (C=O) groups is 2. The average Bonchev–Trinajstić information content (AvgIpc) is 2.77. The number of anilines is 1. The Hall–Kier alpha value is -2.43. The molecule has 1 aliphatic rings. The van der Waals surface area contributed by atoms with Gasteiger partial charge >= 0.3 is 0 Å².